The van der Waals surface area contributed by atoms with Crippen LogP contribution < -0.4 is 10.5 Å². The summed E-state index contributed by atoms with van der Waals surface area (Å²) in [6.07, 6.45) is 1.58. The quantitative estimate of drug-likeness (QED) is 0.875. The Hall–Kier alpha value is -1.36. The molecule has 0 saturated carbocycles. The fourth-order valence-corrected chi connectivity index (χ4v) is 1.80. The van der Waals surface area contributed by atoms with Gasteiger partial charge in [0.1, 0.15) is 16.4 Å². The number of nitrogens with zero attached hydrogens (tertiary/aromatic N) is 1. The monoisotopic (exact) mass is 298 g/mol. The van der Waals surface area contributed by atoms with Crippen LogP contribution in [0.15, 0.2) is 36.5 Å². The number of rotatable bonds is 3. The first kappa shape index (κ1) is 13.1. The minimum atomic E-state index is 0.156. The van der Waals surface area contributed by atoms with Gasteiger partial charge in [-0.15, -0.1) is 0 Å². The van der Waals surface area contributed by atoms with E-state index in [1.54, 1.807) is 36.5 Å². The Morgan fingerprint density at radius 3 is 2.72 bits per heavy atom. The van der Waals surface area contributed by atoms with Gasteiger partial charge in [-0.1, -0.05) is 35.4 Å². The second-order valence-electron chi connectivity index (χ2n) is 3.39. The molecule has 0 aliphatic rings. The van der Waals surface area contributed by atoms with E-state index in [0.29, 0.717) is 27.2 Å². The van der Waals surface area contributed by atoms with Crippen LogP contribution in [-0.2, 0) is 0 Å². The highest BCUT2D eigenvalue weighted by atomic mass is 35.5. The van der Waals surface area contributed by atoms with Gasteiger partial charge in [0.05, 0.1) is 5.02 Å². The van der Waals surface area contributed by atoms with Crippen LogP contribution in [-0.4, -0.2) is 9.97 Å². The Kier molecular flexibility index (Phi) is 4.01. The molecule has 2 N–H and O–H groups in total. The number of hydrogen-bond acceptors (Lipinski definition) is 3. The molecule has 0 radical (unpaired) electrons. The highest BCUT2D eigenvalue weighted by Gasteiger charge is 2.10. The Bertz CT molecular complexity index is 604. The van der Waals surface area contributed by atoms with Crippen molar-refractivity contribution in [2.24, 2.45) is 5.73 Å². The fraction of sp³-hybridized carbons (Fsp3) is 0. The molecular weight excluding hydrogens is 291 g/mol. The number of pyridine rings is 1. The van der Waals surface area contributed by atoms with Crippen molar-refractivity contribution in [2.45, 2.75) is 0 Å². The van der Waals surface area contributed by atoms with Crippen molar-refractivity contribution in [3.05, 3.63) is 52.3 Å². The SMILES string of the molecule is NC(=S)c1ncccc1Oc1cc(Cl)ccc1Cl. The van der Waals surface area contributed by atoms with E-state index in [2.05, 4.69) is 4.98 Å². The minimum Gasteiger partial charge on any atom is -0.453 e. The van der Waals surface area contributed by atoms with Crippen LogP contribution in [0.5, 0.6) is 11.5 Å². The van der Waals surface area contributed by atoms with Gasteiger partial charge >= 0.3 is 0 Å². The number of benzene rings is 1. The Balaban J connectivity index is 2.40. The molecule has 0 aliphatic carbocycles. The lowest BCUT2D eigenvalue weighted by atomic mass is 10.3. The first-order valence-corrected chi connectivity index (χ1v) is 6.12. The lowest BCUT2D eigenvalue weighted by Crippen LogP contribution is -2.12. The van der Waals surface area contributed by atoms with E-state index >= 15 is 0 Å². The normalized spacial score (nSPS) is 10.1. The standard InChI is InChI=1S/C12H8Cl2N2OS/c13-7-3-4-8(14)10(6-7)17-9-2-1-5-16-11(9)12(15)18/h1-6H,(H2,15,18). The molecule has 0 aliphatic heterocycles. The second kappa shape index (κ2) is 5.52. The van der Waals surface area contributed by atoms with E-state index in [4.69, 9.17) is 45.9 Å². The summed E-state index contributed by atoms with van der Waals surface area (Å²) in [7, 11) is 0. The van der Waals surface area contributed by atoms with Crippen molar-refractivity contribution in [1.82, 2.24) is 4.98 Å². The molecule has 2 aromatic rings. The van der Waals surface area contributed by atoms with Crippen molar-refractivity contribution in [3.8, 4) is 11.5 Å². The van der Waals surface area contributed by atoms with Crippen molar-refractivity contribution < 1.29 is 4.74 Å². The molecule has 0 spiro atoms. The van der Waals surface area contributed by atoms with E-state index in [0.717, 1.165) is 0 Å². The fourth-order valence-electron chi connectivity index (χ4n) is 1.33. The van der Waals surface area contributed by atoms with E-state index in [-0.39, 0.29) is 4.99 Å². The van der Waals surface area contributed by atoms with Crippen LogP contribution in [0.1, 0.15) is 5.69 Å². The predicted octanol–water partition coefficient (Wildman–Crippen LogP) is 3.81. The molecule has 6 heteroatoms. The maximum Gasteiger partial charge on any atom is 0.156 e. The van der Waals surface area contributed by atoms with E-state index in [1.807, 2.05) is 0 Å². The molecule has 0 atom stereocenters. The van der Waals surface area contributed by atoms with Crippen LogP contribution >= 0.6 is 35.4 Å². The predicted molar refractivity (Wildman–Crippen MR) is 76.7 cm³/mol. The second-order valence-corrected chi connectivity index (χ2v) is 4.67. The van der Waals surface area contributed by atoms with Gasteiger partial charge in [0.15, 0.2) is 5.75 Å². The molecule has 1 heterocycles. The smallest absolute Gasteiger partial charge is 0.156 e. The van der Waals surface area contributed by atoms with E-state index in [1.165, 1.54) is 0 Å². The van der Waals surface area contributed by atoms with Crippen LogP contribution in [0.2, 0.25) is 10.0 Å². The summed E-state index contributed by atoms with van der Waals surface area (Å²) in [6, 6.07) is 8.36. The third-order valence-electron chi connectivity index (χ3n) is 2.12. The highest BCUT2D eigenvalue weighted by molar-refractivity contribution is 7.80. The number of halogens is 2. The molecule has 2 rings (SSSR count). The summed E-state index contributed by atoms with van der Waals surface area (Å²) in [4.78, 5) is 4.22. The molecule has 1 aromatic carbocycles. The third kappa shape index (κ3) is 2.90. The number of aromatic nitrogens is 1. The summed E-state index contributed by atoms with van der Waals surface area (Å²) >= 11 is 16.8. The molecule has 0 saturated heterocycles. The minimum absolute atomic E-state index is 0.156. The van der Waals surface area contributed by atoms with E-state index < -0.39 is 0 Å². The number of ether oxygens (including phenoxy) is 1. The zero-order chi connectivity index (χ0) is 13.1. The van der Waals surface area contributed by atoms with Gasteiger partial charge in [-0.25, -0.2) is 4.98 Å². The van der Waals surface area contributed by atoms with Crippen LogP contribution in [0.4, 0.5) is 0 Å². The maximum absolute atomic E-state index is 6.01. The van der Waals surface area contributed by atoms with E-state index in [9.17, 15) is 0 Å². The summed E-state index contributed by atoms with van der Waals surface area (Å²) < 4.78 is 5.64. The van der Waals surface area contributed by atoms with Crippen molar-refractivity contribution >= 4 is 40.4 Å². The van der Waals surface area contributed by atoms with Gasteiger partial charge in [-0.05, 0) is 24.3 Å². The van der Waals surface area contributed by atoms with Crippen molar-refractivity contribution in [1.29, 1.82) is 0 Å². The zero-order valence-electron chi connectivity index (χ0n) is 9.06. The van der Waals surface area contributed by atoms with Gasteiger partial charge in [0.2, 0.25) is 0 Å². The summed E-state index contributed by atoms with van der Waals surface area (Å²) in [5.41, 5.74) is 5.97. The summed E-state index contributed by atoms with van der Waals surface area (Å²) in [6.45, 7) is 0. The van der Waals surface area contributed by atoms with Crippen LogP contribution in [0, 0.1) is 0 Å². The van der Waals surface area contributed by atoms with Gasteiger partial charge in [-0.2, -0.15) is 0 Å². The summed E-state index contributed by atoms with van der Waals surface area (Å²) in [5.74, 6) is 0.865. The molecule has 0 fully saturated rings. The molecule has 0 amide bonds. The maximum atomic E-state index is 6.01. The summed E-state index contributed by atoms with van der Waals surface area (Å²) in [5, 5.41) is 0.965. The van der Waals surface area contributed by atoms with Crippen LogP contribution in [0.3, 0.4) is 0 Å². The first-order chi connectivity index (χ1) is 8.58. The number of thiocarbonyl (C=S) groups is 1. The lowest BCUT2D eigenvalue weighted by Gasteiger charge is -2.10. The molecule has 1 aromatic heterocycles. The molecule has 18 heavy (non-hydrogen) atoms. The van der Waals surface area contributed by atoms with Gasteiger partial charge < -0.3 is 10.5 Å². The largest absolute Gasteiger partial charge is 0.453 e. The topological polar surface area (TPSA) is 48.1 Å². The van der Waals surface area contributed by atoms with Gasteiger partial charge in [0, 0.05) is 17.3 Å². The average Bonchev–Trinajstić information content (AvgIpc) is 2.34. The van der Waals surface area contributed by atoms with Gasteiger partial charge in [-0.3, -0.25) is 0 Å². The van der Waals surface area contributed by atoms with Gasteiger partial charge in [0.25, 0.3) is 0 Å². The third-order valence-corrected chi connectivity index (χ3v) is 2.86. The average molecular weight is 299 g/mol. The van der Waals surface area contributed by atoms with Crippen molar-refractivity contribution in [3.63, 3.8) is 0 Å². The Morgan fingerprint density at radius 1 is 1.22 bits per heavy atom. The zero-order valence-corrected chi connectivity index (χ0v) is 11.4. The Morgan fingerprint density at radius 2 is 2.00 bits per heavy atom. The van der Waals surface area contributed by atoms with Crippen LogP contribution in [0.25, 0.3) is 0 Å². The number of nitrogens with two attached hydrogens (primary N) is 1. The lowest BCUT2D eigenvalue weighted by molar-refractivity contribution is 0.479. The molecule has 3 nitrogen and oxygen atoms in total. The van der Waals surface area contributed by atoms with Crippen molar-refractivity contribution in [2.75, 3.05) is 0 Å². The molecular formula is C12H8Cl2N2OS. The molecule has 0 unspecified atom stereocenters. The Labute approximate surface area is 119 Å². The first-order valence-electron chi connectivity index (χ1n) is 4.95. The molecule has 92 valence electrons. The molecule has 0 bridgehead atoms. The highest BCUT2D eigenvalue weighted by Crippen LogP contribution is 2.32. The number of hydrogen-bond donors (Lipinski definition) is 1.